The van der Waals surface area contributed by atoms with E-state index < -0.39 is 0 Å². The summed E-state index contributed by atoms with van der Waals surface area (Å²) in [7, 11) is 0. The summed E-state index contributed by atoms with van der Waals surface area (Å²) >= 11 is 0. The number of hydrogen-bond donors (Lipinski definition) is 2. The minimum Gasteiger partial charge on any atom is -0.352 e. The number of carbonyl (C=O) groups is 1. The molecule has 0 bridgehead atoms. The Balaban J connectivity index is 0.000000671. The molecule has 2 amide bonds. The third kappa shape index (κ3) is 3.66. The Labute approximate surface area is 81.1 Å². The van der Waals surface area contributed by atoms with Gasteiger partial charge in [0.1, 0.15) is 0 Å². The second-order valence-electron chi connectivity index (χ2n) is 3.37. The fraction of sp³-hybridized carbons (Fsp3) is 0.900. The Bertz CT molecular complexity index is 153. The highest BCUT2D eigenvalue weighted by Crippen LogP contribution is 2.35. The molecule has 0 saturated heterocycles. The predicted molar refractivity (Wildman–Crippen MR) is 55.6 cm³/mol. The van der Waals surface area contributed by atoms with Gasteiger partial charge in [0, 0.05) is 5.54 Å². The van der Waals surface area contributed by atoms with Crippen LogP contribution in [0, 0.1) is 0 Å². The van der Waals surface area contributed by atoms with Crippen molar-refractivity contribution in [3.8, 4) is 0 Å². The summed E-state index contributed by atoms with van der Waals surface area (Å²) in [6.07, 6.45) is 5.60. The third-order valence-electron chi connectivity index (χ3n) is 2.43. The summed E-state index contributed by atoms with van der Waals surface area (Å²) in [5, 5.41) is 2.83. The molecule has 0 atom stereocenters. The minimum atomic E-state index is -0.377. The van der Waals surface area contributed by atoms with E-state index in [2.05, 4.69) is 12.2 Å². The van der Waals surface area contributed by atoms with Crippen LogP contribution in [0.3, 0.4) is 0 Å². The molecule has 1 fully saturated rings. The van der Waals surface area contributed by atoms with Crippen molar-refractivity contribution in [3.63, 3.8) is 0 Å². The van der Waals surface area contributed by atoms with Gasteiger partial charge in [-0.05, 0) is 25.7 Å². The summed E-state index contributed by atoms with van der Waals surface area (Å²) in [6, 6.07) is -0.377. The molecule has 13 heavy (non-hydrogen) atoms. The van der Waals surface area contributed by atoms with Gasteiger partial charge in [0.2, 0.25) is 0 Å². The van der Waals surface area contributed by atoms with Gasteiger partial charge in [0.25, 0.3) is 0 Å². The number of primary amides is 1. The van der Waals surface area contributed by atoms with Gasteiger partial charge >= 0.3 is 6.03 Å². The highest BCUT2D eigenvalue weighted by Gasteiger charge is 2.36. The van der Waals surface area contributed by atoms with E-state index in [0.29, 0.717) is 0 Å². The van der Waals surface area contributed by atoms with Crippen LogP contribution in [0.5, 0.6) is 0 Å². The van der Waals surface area contributed by atoms with Crippen LogP contribution in [0.25, 0.3) is 0 Å². The summed E-state index contributed by atoms with van der Waals surface area (Å²) in [5.74, 6) is 0. The van der Waals surface area contributed by atoms with Gasteiger partial charge in [-0.15, -0.1) is 0 Å². The lowest BCUT2D eigenvalue weighted by atomic mass is 9.74. The molecule has 0 aromatic heterocycles. The molecule has 0 radical (unpaired) electrons. The van der Waals surface area contributed by atoms with Gasteiger partial charge in [-0.2, -0.15) is 0 Å². The maximum atomic E-state index is 10.6. The molecule has 3 N–H and O–H groups in total. The van der Waals surface area contributed by atoms with Crippen LogP contribution in [-0.4, -0.2) is 11.6 Å². The molecule has 0 heterocycles. The van der Waals surface area contributed by atoms with Gasteiger partial charge in [-0.1, -0.05) is 27.2 Å². The van der Waals surface area contributed by atoms with E-state index in [-0.39, 0.29) is 11.6 Å². The topological polar surface area (TPSA) is 55.1 Å². The highest BCUT2D eigenvalue weighted by molar-refractivity contribution is 5.72. The first-order valence-corrected chi connectivity index (χ1v) is 5.26. The van der Waals surface area contributed by atoms with E-state index >= 15 is 0 Å². The Morgan fingerprint density at radius 3 is 2.23 bits per heavy atom. The smallest absolute Gasteiger partial charge is 0.312 e. The number of amides is 2. The third-order valence-corrected chi connectivity index (χ3v) is 2.43. The van der Waals surface area contributed by atoms with E-state index in [1.807, 2.05) is 13.8 Å². The quantitative estimate of drug-likeness (QED) is 0.698. The maximum absolute atomic E-state index is 10.6. The van der Waals surface area contributed by atoms with Crippen LogP contribution in [0.15, 0.2) is 0 Å². The number of hydrogen-bond acceptors (Lipinski definition) is 1. The molecule has 1 rings (SSSR count). The molecule has 0 spiro atoms. The van der Waals surface area contributed by atoms with Gasteiger partial charge < -0.3 is 11.1 Å². The van der Waals surface area contributed by atoms with E-state index in [1.54, 1.807) is 0 Å². The van der Waals surface area contributed by atoms with Crippen LogP contribution in [0.1, 0.15) is 52.9 Å². The Kier molecular flexibility index (Phi) is 5.51. The molecule has 0 aliphatic heterocycles. The molecule has 0 aromatic carbocycles. The normalized spacial score (nSPS) is 17.8. The maximum Gasteiger partial charge on any atom is 0.312 e. The Morgan fingerprint density at radius 1 is 1.46 bits per heavy atom. The lowest BCUT2D eigenvalue weighted by molar-refractivity contribution is 0.170. The van der Waals surface area contributed by atoms with Crippen LogP contribution < -0.4 is 11.1 Å². The lowest BCUT2D eigenvalue weighted by Gasteiger charge is -2.42. The van der Waals surface area contributed by atoms with Gasteiger partial charge in [-0.3, -0.25) is 0 Å². The minimum absolute atomic E-state index is 0.0700. The average molecular weight is 186 g/mol. The number of carbonyl (C=O) groups excluding carboxylic acids is 1. The van der Waals surface area contributed by atoms with Crippen LogP contribution in [0.4, 0.5) is 4.79 Å². The highest BCUT2D eigenvalue weighted by atomic mass is 16.2. The fourth-order valence-corrected chi connectivity index (χ4v) is 1.78. The summed E-state index contributed by atoms with van der Waals surface area (Å²) < 4.78 is 0. The molecule has 0 unspecified atom stereocenters. The van der Waals surface area contributed by atoms with Crippen molar-refractivity contribution in [2.45, 2.75) is 58.4 Å². The van der Waals surface area contributed by atoms with Crippen molar-refractivity contribution >= 4 is 6.03 Å². The van der Waals surface area contributed by atoms with E-state index in [9.17, 15) is 4.79 Å². The average Bonchev–Trinajstić information content (AvgIpc) is 2.04. The van der Waals surface area contributed by atoms with Crippen LogP contribution >= 0.6 is 0 Å². The summed E-state index contributed by atoms with van der Waals surface area (Å²) in [4.78, 5) is 10.6. The van der Waals surface area contributed by atoms with Crippen LogP contribution in [-0.2, 0) is 0 Å². The number of nitrogens with two attached hydrogens (primary N) is 1. The standard InChI is InChI=1S/C8H16N2O.C2H6/c1-2-4-8(5-3-6-8)10-7(9)11;1-2/h2-6H2,1H3,(H3,9,10,11);1-2H3. The zero-order valence-corrected chi connectivity index (χ0v) is 9.02. The second kappa shape index (κ2) is 5.84. The van der Waals surface area contributed by atoms with E-state index in [4.69, 9.17) is 5.73 Å². The van der Waals surface area contributed by atoms with Gasteiger partial charge in [0.15, 0.2) is 0 Å². The summed E-state index contributed by atoms with van der Waals surface area (Å²) in [5.41, 5.74) is 5.14. The fourth-order valence-electron chi connectivity index (χ4n) is 1.78. The zero-order chi connectivity index (χ0) is 10.3. The lowest BCUT2D eigenvalue weighted by Crippen LogP contribution is -2.55. The number of nitrogens with one attached hydrogen (secondary N) is 1. The van der Waals surface area contributed by atoms with E-state index in [1.165, 1.54) is 6.42 Å². The van der Waals surface area contributed by atoms with Gasteiger partial charge in [0.05, 0.1) is 0 Å². The predicted octanol–water partition coefficient (Wildman–Crippen LogP) is 2.40. The van der Waals surface area contributed by atoms with Crippen molar-refractivity contribution in [1.82, 2.24) is 5.32 Å². The van der Waals surface area contributed by atoms with Crippen molar-refractivity contribution in [3.05, 3.63) is 0 Å². The van der Waals surface area contributed by atoms with Crippen molar-refractivity contribution in [2.24, 2.45) is 5.73 Å². The molecule has 78 valence electrons. The first kappa shape index (κ1) is 12.3. The molecular formula is C10H22N2O. The monoisotopic (exact) mass is 186 g/mol. The Morgan fingerprint density at radius 2 is 2.00 bits per heavy atom. The molecule has 3 nitrogen and oxygen atoms in total. The van der Waals surface area contributed by atoms with Crippen molar-refractivity contribution < 1.29 is 4.79 Å². The molecule has 0 aromatic rings. The van der Waals surface area contributed by atoms with Crippen LogP contribution in [0.2, 0.25) is 0 Å². The first-order valence-electron chi connectivity index (χ1n) is 5.26. The first-order chi connectivity index (χ1) is 6.18. The van der Waals surface area contributed by atoms with E-state index in [0.717, 1.165) is 25.7 Å². The number of urea groups is 1. The summed E-state index contributed by atoms with van der Waals surface area (Å²) in [6.45, 7) is 6.13. The largest absolute Gasteiger partial charge is 0.352 e. The molecule has 1 aliphatic rings. The zero-order valence-electron chi connectivity index (χ0n) is 9.02. The SMILES string of the molecule is CC.CCCC1(NC(N)=O)CCC1. The molecule has 3 heteroatoms. The Hall–Kier alpha value is -0.730. The molecule has 1 aliphatic carbocycles. The second-order valence-corrected chi connectivity index (χ2v) is 3.37. The number of rotatable bonds is 3. The molecule has 1 saturated carbocycles. The molecular weight excluding hydrogens is 164 g/mol. The van der Waals surface area contributed by atoms with Crippen molar-refractivity contribution in [2.75, 3.05) is 0 Å². The van der Waals surface area contributed by atoms with Gasteiger partial charge in [-0.25, -0.2) is 4.79 Å². The van der Waals surface area contributed by atoms with Crippen molar-refractivity contribution in [1.29, 1.82) is 0 Å².